The molecule has 0 aliphatic heterocycles. The third-order valence-electron chi connectivity index (χ3n) is 1.89. The molecule has 0 heterocycles. The van der Waals surface area contributed by atoms with Gasteiger partial charge in [0.05, 0.1) is 0 Å². The molecule has 1 atom stereocenters. The monoisotopic (exact) mass is 206 g/mol. The van der Waals surface area contributed by atoms with E-state index in [-0.39, 0.29) is 0 Å². The summed E-state index contributed by atoms with van der Waals surface area (Å²) in [5.41, 5.74) is 5.44. The van der Waals surface area contributed by atoms with Crippen molar-refractivity contribution in [1.29, 1.82) is 0 Å². The molecule has 3 N–H and O–H groups in total. The fraction of sp³-hybridized carbons (Fsp3) is 1.00. The van der Waals surface area contributed by atoms with E-state index in [0.717, 1.165) is 17.0 Å². The number of rotatable bonds is 6. The van der Waals surface area contributed by atoms with Crippen LogP contribution in [0.15, 0.2) is 0 Å². The molecule has 0 saturated heterocycles. The maximum atomic E-state index is 5.66. The standard InChI is InChI=1S/C7H22N2OSi2/c1-7(2)6-12(3,10-11)9-5-4-8/h7,9H,4-6,8H2,1-3,11H3. The van der Waals surface area contributed by atoms with Crippen molar-refractivity contribution in [2.75, 3.05) is 13.1 Å². The minimum absolute atomic E-state index is 0.700. The first-order chi connectivity index (χ1) is 5.54. The van der Waals surface area contributed by atoms with Gasteiger partial charge in [0.1, 0.15) is 10.5 Å². The largest absolute Gasteiger partial charge is 0.453 e. The molecular formula is C7H22N2OSi2. The third-order valence-corrected chi connectivity index (χ3v) is 8.09. The van der Waals surface area contributed by atoms with E-state index in [1.54, 1.807) is 0 Å². The lowest BCUT2D eigenvalue weighted by Crippen LogP contribution is -2.52. The zero-order chi connectivity index (χ0) is 9.61. The third kappa shape index (κ3) is 5.05. The minimum atomic E-state index is -1.58. The van der Waals surface area contributed by atoms with Crippen LogP contribution in [0.3, 0.4) is 0 Å². The van der Waals surface area contributed by atoms with Gasteiger partial charge >= 0.3 is 0 Å². The maximum absolute atomic E-state index is 5.66. The molecule has 5 heteroatoms. The summed E-state index contributed by atoms with van der Waals surface area (Å²) in [6.45, 7) is 8.28. The Balaban J connectivity index is 3.86. The molecule has 0 rings (SSSR count). The molecule has 0 amide bonds. The number of nitrogens with one attached hydrogen (secondary N) is 1. The molecule has 0 aromatic carbocycles. The Labute approximate surface area is 79.8 Å². The van der Waals surface area contributed by atoms with Gasteiger partial charge in [-0.25, -0.2) is 0 Å². The van der Waals surface area contributed by atoms with E-state index in [4.69, 9.17) is 9.85 Å². The fourth-order valence-electron chi connectivity index (χ4n) is 1.34. The van der Waals surface area contributed by atoms with Crippen LogP contribution < -0.4 is 10.7 Å². The Kier molecular flexibility index (Phi) is 6.03. The number of nitrogens with two attached hydrogens (primary N) is 1. The molecule has 0 aliphatic carbocycles. The average molecular weight is 206 g/mol. The van der Waals surface area contributed by atoms with Gasteiger partial charge in [-0.15, -0.1) is 0 Å². The summed E-state index contributed by atoms with van der Waals surface area (Å²) in [5, 5.41) is 0. The van der Waals surface area contributed by atoms with Crippen LogP contribution in [0.2, 0.25) is 12.6 Å². The molecule has 0 bridgehead atoms. The first-order valence-corrected chi connectivity index (χ1v) is 7.97. The molecular weight excluding hydrogens is 184 g/mol. The van der Waals surface area contributed by atoms with Crippen LogP contribution in [0.25, 0.3) is 0 Å². The van der Waals surface area contributed by atoms with Crippen molar-refractivity contribution in [1.82, 2.24) is 4.98 Å². The van der Waals surface area contributed by atoms with Crippen LogP contribution in [-0.2, 0) is 4.12 Å². The van der Waals surface area contributed by atoms with E-state index < -0.39 is 8.48 Å². The second-order valence-corrected chi connectivity index (χ2v) is 8.60. The maximum Gasteiger partial charge on any atom is 0.254 e. The van der Waals surface area contributed by atoms with Crippen molar-refractivity contribution in [2.24, 2.45) is 11.7 Å². The highest BCUT2D eigenvalue weighted by molar-refractivity contribution is 6.72. The van der Waals surface area contributed by atoms with Gasteiger partial charge < -0.3 is 14.8 Å². The zero-order valence-electron chi connectivity index (χ0n) is 8.68. The molecule has 0 aliphatic rings. The van der Waals surface area contributed by atoms with E-state index in [9.17, 15) is 0 Å². The topological polar surface area (TPSA) is 47.3 Å². The van der Waals surface area contributed by atoms with Gasteiger partial charge in [0.25, 0.3) is 8.48 Å². The Morgan fingerprint density at radius 2 is 2.17 bits per heavy atom. The van der Waals surface area contributed by atoms with Crippen LogP contribution >= 0.6 is 0 Å². The Hall–Kier alpha value is 0.314. The molecule has 0 fully saturated rings. The van der Waals surface area contributed by atoms with E-state index in [0.29, 0.717) is 12.5 Å². The molecule has 0 aromatic heterocycles. The molecule has 0 spiro atoms. The van der Waals surface area contributed by atoms with Crippen LogP contribution in [0.5, 0.6) is 0 Å². The van der Waals surface area contributed by atoms with Gasteiger partial charge in [-0.3, -0.25) is 0 Å². The van der Waals surface area contributed by atoms with Crippen molar-refractivity contribution < 1.29 is 4.12 Å². The smallest absolute Gasteiger partial charge is 0.254 e. The molecule has 0 saturated carbocycles. The first kappa shape index (κ1) is 12.3. The van der Waals surface area contributed by atoms with Crippen LogP contribution in [0.4, 0.5) is 0 Å². The first-order valence-electron chi connectivity index (χ1n) is 4.54. The summed E-state index contributed by atoms with van der Waals surface area (Å²) >= 11 is 0. The lowest BCUT2D eigenvalue weighted by Gasteiger charge is -2.28. The normalized spacial score (nSPS) is 16.8. The summed E-state index contributed by atoms with van der Waals surface area (Å²) in [6, 6.07) is 1.18. The lowest BCUT2D eigenvalue weighted by atomic mass is 10.3. The zero-order valence-corrected chi connectivity index (χ0v) is 11.7. The van der Waals surface area contributed by atoms with Gasteiger partial charge in [0, 0.05) is 13.1 Å². The lowest BCUT2D eigenvalue weighted by molar-refractivity contribution is 0.537. The summed E-state index contributed by atoms with van der Waals surface area (Å²) in [4.78, 5) is 3.45. The Morgan fingerprint density at radius 3 is 2.50 bits per heavy atom. The summed E-state index contributed by atoms with van der Waals surface area (Å²) in [6.07, 6.45) is 0. The van der Waals surface area contributed by atoms with Gasteiger partial charge in [-0.05, 0) is 18.5 Å². The highest BCUT2D eigenvalue weighted by Gasteiger charge is 2.27. The summed E-state index contributed by atoms with van der Waals surface area (Å²) in [7, 11) is -0.748. The van der Waals surface area contributed by atoms with E-state index in [1.165, 1.54) is 6.04 Å². The fourth-order valence-corrected chi connectivity index (χ4v) is 4.96. The second-order valence-electron chi connectivity index (χ2n) is 3.75. The van der Waals surface area contributed by atoms with Crippen molar-refractivity contribution in [3.63, 3.8) is 0 Å². The SMILES string of the molecule is CC(C)C[Si](C)(NCCN)O[SiH3]. The summed E-state index contributed by atoms with van der Waals surface area (Å²) < 4.78 is 5.66. The molecule has 0 radical (unpaired) electrons. The van der Waals surface area contributed by atoms with Crippen LogP contribution in [-0.4, -0.2) is 32.1 Å². The molecule has 1 unspecified atom stereocenters. The minimum Gasteiger partial charge on any atom is -0.453 e. The Bertz CT molecular complexity index is 124. The Morgan fingerprint density at radius 1 is 1.58 bits per heavy atom. The molecule has 0 aromatic rings. The quantitative estimate of drug-likeness (QED) is 0.579. The molecule has 3 nitrogen and oxygen atoms in total. The van der Waals surface area contributed by atoms with Gasteiger partial charge in [-0.2, -0.15) is 0 Å². The van der Waals surface area contributed by atoms with Gasteiger partial charge in [0.2, 0.25) is 0 Å². The number of hydrogen-bond donors (Lipinski definition) is 2. The van der Waals surface area contributed by atoms with Crippen LogP contribution in [0, 0.1) is 5.92 Å². The van der Waals surface area contributed by atoms with Crippen molar-refractivity contribution >= 4 is 19.0 Å². The molecule has 12 heavy (non-hydrogen) atoms. The predicted molar refractivity (Wildman–Crippen MR) is 59.3 cm³/mol. The van der Waals surface area contributed by atoms with Crippen LogP contribution in [0.1, 0.15) is 13.8 Å². The van der Waals surface area contributed by atoms with Gasteiger partial charge in [0.15, 0.2) is 0 Å². The van der Waals surface area contributed by atoms with Crippen molar-refractivity contribution in [3.8, 4) is 0 Å². The predicted octanol–water partition coefficient (Wildman–Crippen LogP) is -0.440. The van der Waals surface area contributed by atoms with E-state index >= 15 is 0 Å². The van der Waals surface area contributed by atoms with E-state index in [2.05, 4.69) is 25.4 Å². The highest BCUT2D eigenvalue weighted by Crippen LogP contribution is 2.13. The van der Waals surface area contributed by atoms with Crippen molar-refractivity contribution in [3.05, 3.63) is 0 Å². The molecule has 74 valence electrons. The van der Waals surface area contributed by atoms with E-state index in [1.807, 2.05) is 0 Å². The average Bonchev–Trinajstić information content (AvgIpc) is 2.00. The summed E-state index contributed by atoms with van der Waals surface area (Å²) in [5.74, 6) is 0.709. The second kappa shape index (κ2) is 5.87. The van der Waals surface area contributed by atoms with Gasteiger partial charge in [-0.1, -0.05) is 13.8 Å². The number of hydrogen-bond acceptors (Lipinski definition) is 3. The van der Waals surface area contributed by atoms with Crippen molar-refractivity contribution in [2.45, 2.75) is 26.4 Å². The highest BCUT2D eigenvalue weighted by atomic mass is 28.4.